The molecule has 19 heavy (non-hydrogen) atoms. The number of benzene rings is 1. The normalized spacial score (nSPS) is 15.1. The minimum absolute atomic E-state index is 0.0708. The van der Waals surface area contributed by atoms with Crippen LogP contribution >= 0.6 is 0 Å². The van der Waals surface area contributed by atoms with Crippen LogP contribution in [0.25, 0.3) is 0 Å². The van der Waals surface area contributed by atoms with Crippen molar-refractivity contribution < 1.29 is 19.4 Å². The number of aliphatic hydroxyl groups excluding tert-OH is 1. The number of hydrogen-bond acceptors (Lipinski definition) is 4. The van der Waals surface area contributed by atoms with Crippen molar-refractivity contribution >= 4 is 12.0 Å². The predicted molar refractivity (Wildman–Crippen MR) is 69.0 cm³/mol. The summed E-state index contributed by atoms with van der Waals surface area (Å²) in [4.78, 5) is 22.9. The summed E-state index contributed by atoms with van der Waals surface area (Å²) < 4.78 is 4.96. The number of nitrogens with one attached hydrogen (secondary N) is 1. The van der Waals surface area contributed by atoms with Crippen LogP contribution in [0.2, 0.25) is 0 Å². The van der Waals surface area contributed by atoms with Crippen LogP contribution in [0.1, 0.15) is 19.4 Å². The lowest BCUT2D eigenvalue weighted by molar-refractivity contribution is -0.127. The van der Waals surface area contributed by atoms with Crippen molar-refractivity contribution in [2.75, 3.05) is 0 Å². The van der Waals surface area contributed by atoms with Crippen molar-refractivity contribution in [3.8, 4) is 0 Å². The first-order chi connectivity index (χ1) is 8.86. The Kier molecular flexibility index (Phi) is 4.88. The van der Waals surface area contributed by atoms with Gasteiger partial charge in [0.2, 0.25) is 5.91 Å². The van der Waals surface area contributed by atoms with Crippen LogP contribution in [0.4, 0.5) is 4.79 Å². The minimum Gasteiger partial charge on any atom is -0.445 e. The van der Waals surface area contributed by atoms with Gasteiger partial charge in [-0.1, -0.05) is 30.3 Å². The molecule has 4 N–H and O–H groups in total. The van der Waals surface area contributed by atoms with Crippen LogP contribution in [0.3, 0.4) is 0 Å². The number of amides is 2. The van der Waals surface area contributed by atoms with Gasteiger partial charge in [-0.2, -0.15) is 0 Å². The highest BCUT2D eigenvalue weighted by atomic mass is 16.5. The zero-order valence-corrected chi connectivity index (χ0v) is 10.9. The second-order valence-electron chi connectivity index (χ2n) is 4.43. The predicted octanol–water partition coefficient (Wildman–Crippen LogP) is 0.538. The first kappa shape index (κ1) is 15.0. The van der Waals surface area contributed by atoms with E-state index in [1.807, 2.05) is 18.2 Å². The Morgan fingerprint density at radius 3 is 2.47 bits per heavy atom. The molecule has 0 aliphatic heterocycles. The molecule has 1 rings (SSSR count). The second-order valence-corrected chi connectivity index (χ2v) is 4.43. The summed E-state index contributed by atoms with van der Waals surface area (Å²) >= 11 is 0. The van der Waals surface area contributed by atoms with Gasteiger partial charge in [-0.3, -0.25) is 4.79 Å². The van der Waals surface area contributed by atoms with Crippen LogP contribution in [0.5, 0.6) is 0 Å². The minimum atomic E-state index is -1.56. The quantitative estimate of drug-likeness (QED) is 0.723. The third-order valence-corrected chi connectivity index (χ3v) is 2.92. The van der Waals surface area contributed by atoms with E-state index in [9.17, 15) is 14.7 Å². The smallest absolute Gasteiger partial charge is 0.408 e. The van der Waals surface area contributed by atoms with Gasteiger partial charge in [-0.25, -0.2) is 4.79 Å². The van der Waals surface area contributed by atoms with Crippen LogP contribution in [0, 0.1) is 0 Å². The standard InChI is InChI=1S/C13H18N2O4/c1-9(16)13(2,11(14)17)15-12(18)19-8-10-6-4-3-5-7-10/h3-7,9,16H,8H2,1-2H3,(H2,14,17)(H,15,18)/t9-,13-/m1/s1. The maximum atomic E-state index is 11.6. The number of rotatable bonds is 5. The maximum absolute atomic E-state index is 11.6. The zero-order valence-electron chi connectivity index (χ0n) is 10.9. The number of alkyl carbamates (subject to hydrolysis) is 1. The summed E-state index contributed by atoms with van der Waals surface area (Å²) in [5.74, 6) is -0.834. The fraction of sp³-hybridized carbons (Fsp3) is 0.385. The highest BCUT2D eigenvalue weighted by Gasteiger charge is 2.38. The fourth-order valence-electron chi connectivity index (χ4n) is 1.34. The molecule has 2 atom stereocenters. The molecule has 0 spiro atoms. The summed E-state index contributed by atoms with van der Waals surface area (Å²) in [6.07, 6.45) is -1.94. The Balaban J connectivity index is 2.57. The molecule has 1 aromatic rings. The molecule has 0 aromatic heterocycles. The molecule has 0 saturated heterocycles. The third kappa shape index (κ3) is 3.96. The molecule has 0 fully saturated rings. The van der Waals surface area contributed by atoms with Gasteiger partial charge in [0.25, 0.3) is 0 Å². The van der Waals surface area contributed by atoms with Gasteiger partial charge in [0.05, 0.1) is 6.10 Å². The van der Waals surface area contributed by atoms with Crippen molar-refractivity contribution in [2.24, 2.45) is 5.73 Å². The Labute approximate surface area is 111 Å². The lowest BCUT2D eigenvalue weighted by Gasteiger charge is -2.29. The molecule has 0 unspecified atom stereocenters. The van der Waals surface area contributed by atoms with Gasteiger partial charge in [-0.05, 0) is 19.4 Å². The molecule has 0 aliphatic rings. The highest BCUT2D eigenvalue weighted by molar-refractivity contribution is 5.88. The number of primary amides is 1. The van der Waals surface area contributed by atoms with Crippen molar-refractivity contribution in [3.05, 3.63) is 35.9 Å². The molecular weight excluding hydrogens is 248 g/mol. The Bertz CT molecular complexity index is 447. The van der Waals surface area contributed by atoms with E-state index in [4.69, 9.17) is 10.5 Å². The monoisotopic (exact) mass is 266 g/mol. The molecule has 0 bridgehead atoms. The van der Waals surface area contributed by atoms with E-state index in [-0.39, 0.29) is 6.61 Å². The SMILES string of the molecule is C[C@@H](O)[C@@](C)(NC(=O)OCc1ccccc1)C(N)=O. The van der Waals surface area contributed by atoms with Gasteiger partial charge in [-0.15, -0.1) is 0 Å². The van der Waals surface area contributed by atoms with E-state index in [1.165, 1.54) is 13.8 Å². The van der Waals surface area contributed by atoms with E-state index in [0.29, 0.717) is 0 Å². The Morgan fingerprint density at radius 1 is 1.42 bits per heavy atom. The maximum Gasteiger partial charge on any atom is 0.408 e. The zero-order chi connectivity index (χ0) is 14.5. The average molecular weight is 266 g/mol. The van der Waals surface area contributed by atoms with E-state index in [0.717, 1.165) is 5.56 Å². The van der Waals surface area contributed by atoms with Crippen molar-refractivity contribution in [1.29, 1.82) is 0 Å². The molecule has 0 radical (unpaired) electrons. The lowest BCUT2D eigenvalue weighted by atomic mass is 9.95. The summed E-state index contributed by atoms with van der Waals surface area (Å²) in [7, 11) is 0. The molecule has 0 heterocycles. The number of ether oxygens (including phenoxy) is 1. The van der Waals surface area contributed by atoms with Gasteiger partial charge in [0.1, 0.15) is 12.1 Å². The highest BCUT2D eigenvalue weighted by Crippen LogP contribution is 2.10. The number of carbonyl (C=O) groups is 2. The van der Waals surface area contributed by atoms with Crippen LogP contribution in [-0.2, 0) is 16.1 Å². The number of aliphatic hydroxyl groups is 1. The second kappa shape index (κ2) is 6.19. The molecule has 2 amide bonds. The number of hydrogen-bond donors (Lipinski definition) is 3. The largest absolute Gasteiger partial charge is 0.445 e. The molecule has 6 nitrogen and oxygen atoms in total. The molecule has 1 aromatic carbocycles. The summed E-state index contributed by atoms with van der Waals surface area (Å²) in [6.45, 7) is 2.77. The Hall–Kier alpha value is -2.08. The van der Waals surface area contributed by atoms with Crippen molar-refractivity contribution in [2.45, 2.75) is 32.1 Å². The average Bonchev–Trinajstić information content (AvgIpc) is 2.37. The van der Waals surface area contributed by atoms with E-state index < -0.39 is 23.6 Å². The van der Waals surface area contributed by atoms with Gasteiger partial charge >= 0.3 is 6.09 Å². The van der Waals surface area contributed by atoms with E-state index >= 15 is 0 Å². The topological polar surface area (TPSA) is 102 Å². The number of nitrogens with two attached hydrogens (primary N) is 1. The summed E-state index contributed by atoms with van der Waals surface area (Å²) in [5.41, 5.74) is 4.41. The molecule has 0 saturated carbocycles. The van der Waals surface area contributed by atoms with E-state index in [2.05, 4.69) is 5.32 Å². The first-order valence-electron chi connectivity index (χ1n) is 5.83. The fourth-order valence-corrected chi connectivity index (χ4v) is 1.34. The van der Waals surface area contributed by atoms with Crippen molar-refractivity contribution in [3.63, 3.8) is 0 Å². The van der Waals surface area contributed by atoms with Crippen LogP contribution < -0.4 is 11.1 Å². The molecule has 104 valence electrons. The summed E-state index contributed by atoms with van der Waals surface area (Å²) in [5, 5.41) is 11.8. The van der Waals surface area contributed by atoms with Crippen LogP contribution in [-0.4, -0.2) is 28.7 Å². The lowest BCUT2D eigenvalue weighted by Crippen LogP contribution is -2.61. The molecule has 0 aliphatic carbocycles. The molecular formula is C13H18N2O4. The van der Waals surface area contributed by atoms with Gasteiger partial charge < -0.3 is 20.9 Å². The van der Waals surface area contributed by atoms with Crippen molar-refractivity contribution in [1.82, 2.24) is 5.32 Å². The molecule has 6 heteroatoms. The Morgan fingerprint density at radius 2 is 2.00 bits per heavy atom. The first-order valence-corrected chi connectivity index (χ1v) is 5.83. The van der Waals surface area contributed by atoms with E-state index in [1.54, 1.807) is 12.1 Å². The summed E-state index contributed by atoms with van der Waals surface area (Å²) in [6, 6.07) is 9.09. The van der Waals surface area contributed by atoms with Crippen LogP contribution in [0.15, 0.2) is 30.3 Å². The van der Waals surface area contributed by atoms with Gasteiger partial charge in [0.15, 0.2) is 0 Å². The number of carbonyl (C=O) groups excluding carboxylic acids is 2. The third-order valence-electron chi connectivity index (χ3n) is 2.92. The van der Waals surface area contributed by atoms with Gasteiger partial charge in [0, 0.05) is 0 Å².